The quantitative estimate of drug-likeness (QED) is 0.702. The standard InChI is InChI=1S/C12H26N2O/c1-6-10(3)8-11(7-2)13-9-12(15)14(4)5/h10-11,13H,6-9H2,1-5H3. The molecule has 90 valence electrons. The Morgan fingerprint density at radius 3 is 2.27 bits per heavy atom. The van der Waals surface area contributed by atoms with E-state index < -0.39 is 0 Å². The highest BCUT2D eigenvalue weighted by Crippen LogP contribution is 2.11. The van der Waals surface area contributed by atoms with E-state index in [2.05, 4.69) is 26.1 Å². The minimum Gasteiger partial charge on any atom is -0.348 e. The van der Waals surface area contributed by atoms with Crippen LogP contribution >= 0.6 is 0 Å². The Bertz CT molecular complexity index is 180. The highest BCUT2D eigenvalue weighted by Gasteiger charge is 2.12. The maximum atomic E-state index is 11.4. The van der Waals surface area contributed by atoms with Crippen molar-refractivity contribution < 1.29 is 4.79 Å². The number of nitrogens with one attached hydrogen (secondary N) is 1. The predicted molar refractivity (Wildman–Crippen MR) is 64.8 cm³/mol. The molecule has 3 heteroatoms. The van der Waals surface area contributed by atoms with Gasteiger partial charge in [-0.2, -0.15) is 0 Å². The van der Waals surface area contributed by atoms with E-state index >= 15 is 0 Å². The zero-order valence-corrected chi connectivity index (χ0v) is 10.8. The van der Waals surface area contributed by atoms with E-state index in [0.717, 1.165) is 18.8 Å². The topological polar surface area (TPSA) is 32.3 Å². The second-order valence-corrected chi connectivity index (χ2v) is 4.52. The molecule has 0 saturated carbocycles. The van der Waals surface area contributed by atoms with E-state index in [0.29, 0.717) is 12.6 Å². The highest BCUT2D eigenvalue weighted by atomic mass is 16.2. The molecule has 15 heavy (non-hydrogen) atoms. The van der Waals surface area contributed by atoms with Crippen molar-refractivity contribution in [1.82, 2.24) is 10.2 Å². The summed E-state index contributed by atoms with van der Waals surface area (Å²) in [6, 6.07) is 0.476. The van der Waals surface area contributed by atoms with Crippen LogP contribution < -0.4 is 5.32 Å². The minimum atomic E-state index is 0.151. The summed E-state index contributed by atoms with van der Waals surface area (Å²) in [6.07, 6.45) is 3.46. The third kappa shape index (κ3) is 6.50. The normalized spacial score (nSPS) is 14.7. The Morgan fingerprint density at radius 1 is 1.27 bits per heavy atom. The number of hydrogen-bond acceptors (Lipinski definition) is 2. The fourth-order valence-corrected chi connectivity index (χ4v) is 1.44. The molecule has 3 nitrogen and oxygen atoms in total. The summed E-state index contributed by atoms with van der Waals surface area (Å²) < 4.78 is 0. The van der Waals surface area contributed by atoms with Crippen LogP contribution in [0, 0.1) is 5.92 Å². The first-order valence-corrected chi connectivity index (χ1v) is 5.94. The molecule has 1 N–H and O–H groups in total. The molecule has 0 fully saturated rings. The number of carbonyl (C=O) groups excluding carboxylic acids is 1. The monoisotopic (exact) mass is 214 g/mol. The molecule has 0 aliphatic rings. The lowest BCUT2D eigenvalue weighted by molar-refractivity contribution is -0.127. The number of amides is 1. The minimum absolute atomic E-state index is 0.151. The predicted octanol–water partition coefficient (Wildman–Crippen LogP) is 1.88. The summed E-state index contributed by atoms with van der Waals surface area (Å²) in [6.45, 7) is 7.10. The second-order valence-electron chi connectivity index (χ2n) is 4.52. The second kappa shape index (κ2) is 7.69. The first-order chi connectivity index (χ1) is 7.01. The van der Waals surface area contributed by atoms with Gasteiger partial charge in [-0.3, -0.25) is 4.79 Å². The van der Waals surface area contributed by atoms with E-state index in [1.54, 1.807) is 19.0 Å². The van der Waals surface area contributed by atoms with E-state index in [1.165, 1.54) is 6.42 Å². The van der Waals surface area contributed by atoms with Crippen LogP contribution in [0.4, 0.5) is 0 Å². The molecule has 0 heterocycles. The third-order valence-corrected chi connectivity index (χ3v) is 2.92. The van der Waals surface area contributed by atoms with E-state index in [1.807, 2.05) is 0 Å². The van der Waals surface area contributed by atoms with Crippen LogP contribution in [0.5, 0.6) is 0 Å². The molecule has 0 radical (unpaired) electrons. The molecule has 1 amide bonds. The summed E-state index contributed by atoms with van der Waals surface area (Å²) in [4.78, 5) is 13.0. The first-order valence-electron chi connectivity index (χ1n) is 5.94. The Morgan fingerprint density at radius 2 is 1.87 bits per heavy atom. The molecular formula is C12H26N2O. The number of nitrogens with zero attached hydrogens (tertiary/aromatic N) is 1. The van der Waals surface area contributed by atoms with Crippen molar-refractivity contribution in [3.05, 3.63) is 0 Å². The van der Waals surface area contributed by atoms with E-state index in [-0.39, 0.29) is 5.91 Å². The van der Waals surface area contributed by atoms with Gasteiger partial charge in [0.1, 0.15) is 0 Å². The molecule has 0 rings (SSSR count). The van der Waals surface area contributed by atoms with Crippen molar-refractivity contribution in [2.75, 3.05) is 20.6 Å². The van der Waals surface area contributed by atoms with Crippen LogP contribution in [0.2, 0.25) is 0 Å². The van der Waals surface area contributed by atoms with Gasteiger partial charge in [-0.15, -0.1) is 0 Å². The Hall–Kier alpha value is -0.570. The molecule has 2 atom stereocenters. The number of carbonyl (C=O) groups is 1. The van der Waals surface area contributed by atoms with Gasteiger partial charge in [-0.1, -0.05) is 27.2 Å². The number of rotatable bonds is 7. The maximum Gasteiger partial charge on any atom is 0.236 e. The van der Waals surface area contributed by atoms with Crippen LogP contribution in [0.25, 0.3) is 0 Å². The molecule has 0 aromatic rings. The van der Waals surface area contributed by atoms with Crippen molar-refractivity contribution in [1.29, 1.82) is 0 Å². The molecule has 0 aliphatic heterocycles. The maximum absolute atomic E-state index is 11.4. The first kappa shape index (κ1) is 14.4. The van der Waals surface area contributed by atoms with Gasteiger partial charge in [-0.05, 0) is 18.8 Å². The Labute approximate surface area is 94.2 Å². The lowest BCUT2D eigenvalue weighted by Gasteiger charge is -2.21. The molecule has 2 unspecified atom stereocenters. The van der Waals surface area contributed by atoms with Gasteiger partial charge in [0.05, 0.1) is 6.54 Å². The van der Waals surface area contributed by atoms with Crippen LogP contribution in [-0.4, -0.2) is 37.5 Å². The van der Waals surface area contributed by atoms with E-state index in [9.17, 15) is 4.79 Å². The van der Waals surface area contributed by atoms with Crippen LogP contribution in [0.15, 0.2) is 0 Å². The fourth-order valence-electron chi connectivity index (χ4n) is 1.44. The van der Waals surface area contributed by atoms with E-state index in [4.69, 9.17) is 0 Å². The smallest absolute Gasteiger partial charge is 0.236 e. The highest BCUT2D eigenvalue weighted by molar-refractivity contribution is 5.77. The third-order valence-electron chi connectivity index (χ3n) is 2.92. The molecule has 0 bridgehead atoms. The molecule has 0 aromatic heterocycles. The van der Waals surface area contributed by atoms with Gasteiger partial charge in [0.15, 0.2) is 0 Å². The SMILES string of the molecule is CCC(C)CC(CC)NCC(=O)N(C)C. The van der Waals surface area contributed by atoms with Crippen LogP contribution in [-0.2, 0) is 4.79 Å². The summed E-state index contributed by atoms with van der Waals surface area (Å²) >= 11 is 0. The zero-order chi connectivity index (χ0) is 11.8. The van der Waals surface area contributed by atoms with Crippen molar-refractivity contribution in [3.8, 4) is 0 Å². The van der Waals surface area contributed by atoms with Crippen molar-refractivity contribution in [3.63, 3.8) is 0 Å². The molecule has 0 aromatic carbocycles. The van der Waals surface area contributed by atoms with Crippen molar-refractivity contribution >= 4 is 5.91 Å². The Kier molecular flexibility index (Phi) is 7.39. The summed E-state index contributed by atoms with van der Waals surface area (Å²) in [5, 5.41) is 3.32. The van der Waals surface area contributed by atoms with Crippen molar-refractivity contribution in [2.24, 2.45) is 5.92 Å². The van der Waals surface area contributed by atoms with Gasteiger partial charge >= 0.3 is 0 Å². The summed E-state index contributed by atoms with van der Waals surface area (Å²) in [5.41, 5.74) is 0. The summed E-state index contributed by atoms with van der Waals surface area (Å²) in [5.74, 6) is 0.884. The zero-order valence-electron chi connectivity index (χ0n) is 10.8. The van der Waals surface area contributed by atoms with Gasteiger partial charge in [-0.25, -0.2) is 0 Å². The van der Waals surface area contributed by atoms with Gasteiger partial charge < -0.3 is 10.2 Å². The number of hydrogen-bond donors (Lipinski definition) is 1. The molecule has 0 saturated heterocycles. The van der Waals surface area contributed by atoms with Gasteiger partial charge in [0.25, 0.3) is 0 Å². The van der Waals surface area contributed by atoms with Crippen LogP contribution in [0.3, 0.4) is 0 Å². The molecule has 0 spiro atoms. The average Bonchev–Trinajstić information content (AvgIpc) is 2.22. The van der Waals surface area contributed by atoms with Gasteiger partial charge in [0.2, 0.25) is 5.91 Å². The number of likely N-dealkylation sites (N-methyl/N-ethyl adjacent to an activating group) is 1. The molecule has 0 aliphatic carbocycles. The Balaban J connectivity index is 3.84. The largest absolute Gasteiger partial charge is 0.348 e. The summed E-state index contributed by atoms with van der Waals surface area (Å²) in [7, 11) is 3.58. The van der Waals surface area contributed by atoms with Crippen LogP contribution in [0.1, 0.15) is 40.0 Å². The lowest BCUT2D eigenvalue weighted by Crippen LogP contribution is -2.39. The lowest BCUT2D eigenvalue weighted by atomic mass is 9.98. The van der Waals surface area contributed by atoms with Crippen molar-refractivity contribution in [2.45, 2.75) is 46.1 Å². The average molecular weight is 214 g/mol. The molecular weight excluding hydrogens is 188 g/mol. The fraction of sp³-hybridized carbons (Fsp3) is 0.917. The van der Waals surface area contributed by atoms with Gasteiger partial charge in [0, 0.05) is 20.1 Å².